The molecule has 216 valence electrons. The Morgan fingerprint density at radius 3 is 1.09 bits per heavy atom. The molecule has 0 aromatic heterocycles. The Morgan fingerprint density at radius 1 is 0.409 bits per heavy atom. The van der Waals surface area contributed by atoms with Gasteiger partial charge in [-0.3, -0.25) is 24.1 Å². The Labute approximate surface area is 255 Å². The second-order valence-corrected chi connectivity index (χ2v) is 12.2. The van der Waals surface area contributed by atoms with Crippen LogP contribution in [0.5, 0.6) is 0 Å². The molecule has 6 atom stereocenters. The molecule has 0 N–H and O–H groups in total. The molecule has 0 radical (unpaired) electrons. The molecule has 0 unspecified atom stereocenters. The first-order chi connectivity index (χ1) is 21.5. The molecule has 0 bridgehead atoms. The van der Waals surface area contributed by atoms with E-state index in [0.717, 1.165) is 22.3 Å². The highest BCUT2D eigenvalue weighted by Crippen LogP contribution is 2.61. The van der Waals surface area contributed by atoms with Crippen LogP contribution in [-0.4, -0.2) is 23.6 Å². The number of hydrogen-bond donors (Lipinski definition) is 0. The van der Waals surface area contributed by atoms with Crippen LogP contribution in [0.4, 0.5) is 11.4 Å². The third kappa shape index (κ3) is 3.87. The molecule has 4 aromatic rings. The van der Waals surface area contributed by atoms with Crippen molar-refractivity contribution < 1.29 is 19.2 Å². The SMILES string of the molecule is O=C1[C@@H]2[C@H](C(=O)N1c1ccccc1)[C@H](c1ccccc1)C1=C(C[C@@H]3C(=O)N(c4ccccc4)C(=O)[C@@H]3C1)[C@@H]2c1ccccc1. The summed E-state index contributed by atoms with van der Waals surface area (Å²) < 4.78 is 0. The van der Waals surface area contributed by atoms with Crippen LogP contribution in [0.25, 0.3) is 0 Å². The summed E-state index contributed by atoms with van der Waals surface area (Å²) in [6.45, 7) is 0. The number of anilines is 2. The van der Waals surface area contributed by atoms with Crippen molar-refractivity contribution in [2.45, 2.75) is 24.7 Å². The van der Waals surface area contributed by atoms with Crippen LogP contribution in [0, 0.1) is 23.7 Å². The second kappa shape index (κ2) is 10.3. The van der Waals surface area contributed by atoms with Crippen molar-refractivity contribution in [1.82, 2.24) is 0 Å². The molecule has 2 fully saturated rings. The number of carbonyl (C=O) groups excluding carboxylic acids is 4. The predicted octanol–water partition coefficient (Wildman–Crippen LogP) is 6.27. The van der Waals surface area contributed by atoms with Crippen molar-refractivity contribution in [3.63, 3.8) is 0 Å². The van der Waals surface area contributed by atoms with Crippen molar-refractivity contribution in [1.29, 1.82) is 0 Å². The largest absolute Gasteiger partial charge is 0.274 e. The van der Waals surface area contributed by atoms with Gasteiger partial charge in [0.05, 0.1) is 35.0 Å². The highest BCUT2D eigenvalue weighted by atomic mass is 16.2. The Balaban J connectivity index is 1.31. The third-order valence-electron chi connectivity index (χ3n) is 10.1. The molecule has 8 rings (SSSR count). The van der Waals surface area contributed by atoms with Crippen LogP contribution >= 0.6 is 0 Å². The van der Waals surface area contributed by atoms with Gasteiger partial charge >= 0.3 is 0 Å². The number of carbonyl (C=O) groups is 4. The quantitative estimate of drug-likeness (QED) is 0.211. The normalized spacial score (nSPS) is 27.8. The highest BCUT2D eigenvalue weighted by molar-refractivity contribution is 6.24. The summed E-state index contributed by atoms with van der Waals surface area (Å²) in [5, 5.41) is 0. The Morgan fingerprint density at radius 2 is 0.727 bits per heavy atom. The molecule has 4 aliphatic rings. The number of benzene rings is 4. The zero-order valence-corrected chi connectivity index (χ0v) is 24.0. The predicted molar refractivity (Wildman–Crippen MR) is 166 cm³/mol. The lowest BCUT2D eigenvalue weighted by Gasteiger charge is -2.44. The molecule has 2 saturated heterocycles. The maximum atomic E-state index is 14.5. The van der Waals surface area contributed by atoms with Crippen molar-refractivity contribution in [2.75, 3.05) is 9.80 Å². The first-order valence-corrected chi connectivity index (χ1v) is 15.2. The van der Waals surface area contributed by atoms with Crippen LogP contribution in [0.1, 0.15) is 35.8 Å². The lowest BCUT2D eigenvalue weighted by atomic mass is 9.56. The van der Waals surface area contributed by atoms with E-state index in [9.17, 15) is 19.2 Å². The zero-order valence-electron chi connectivity index (χ0n) is 24.0. The van der Waals surface area contributed by atoms with E-state index in [0.29, 0.717) is 24.2 Å². The molecule has 6 heteroatoms. The molecule has 44 heavy (non-hydrogen) atoms. The summed E-state index contributed by atoms with van der Waals surface area (Å²) in [5.41, 5.74) is 5.10. The number of amides is 4. The number of fused-ring (bicyclic) bond motifs is 2. The van der Waals surface area contributed by atoms with E-state index in [1.165, 1.54) is 9.80 Å². The fraction of sp³-hybridized carbons (Fsp3) is 0.211. The molecule has 4 amide bonds. The zero-order chi connectivity index (χ0) is 29.9. The summed E-state index contributed by atoms with van der Waals surface area (Å²) in [6, 6.07) is 38.0. The molecule has 4 aromatic carbocycles. The van der Waals surface area contributed by atoms with E-state index >= 15 is 0 Å². The number of nitrogens with zero attached hydrogens (tertiary/aromatic N) is 2. The Hall–Kier alpha value is -5.10. The lowest BCUT2D eigenvalue weighted by Crippen LogP contribution is -2.40. The molecule has 2 heterocycles. The maximum Gasteiger partial charge on any atom is 0.238 e. The van der Waals surface area contributed by atoms with Gasteiger partial charge in [0.25, 0.3) is 0 Å². The van der Waals surface area contributed by atoms with Crippen LogP contribution in [-0.2, 0) is 19.2 Å². The summed E-state index contributed by atoms with van der Waals surface area (Å²) in [4.78, 5) is 59.7. The number of allylic oxidation sites excluding steroid dienone is 2. The van der Waals surface area contributed by atoms with Gasteiger partial charge in [0.15, 0.2) is 0 Å². The van der Waals surface area contributed by atoms with E-state index in [2.05, 4.69) is 0 Å². The summed E-state index contributed by atoms with van der Waals surface area (Å²) >= 11 is 0. The van der Waals surface area contributed by atoms with Gasteiger partial charge in [0, 0.05) is 11.8 Å². The maximum absolute atomic E-state index is 14.5. The van der Waals surface area contributed by atoms with Gasteiger partial charge in [-0.05, 0) is 48.2 Å². The van der Waals surface area contributed by atoms with Gasteiger partial charge in [0.1, 0.15) is 0 Å². The number of rotatable bonds is 4. The Bertz CT molecular complexity index is 1720. The van der Waals surface area contributed by atoms with E-state index in [1.807, 2.05) is 97.1 Å². The average molecular weight is 579 g/mol. The van der Waals surface area contributed by atoms with Gasteiger partial charge < -0.3 is 0 Å². The first-order valence-electron chi connectivity index (χ1n) is 15.2. The van der Waals surface area contributed by atoms with Crippen molar-refractivity contribution >= 4 is 35.0 Å². The highest BCUT2D eigenvalue weighted by Gasteiger charge is 2.62. The second-order valence-electron chi connectivity index (χ2n) is 12.2. The minimum atomic E-state index is -0.636. The fourth-order valence-corrected chi connectivity index (χ4v) is 8.28. The van der Waals surface area contributed by atoms with Crippen molar-refractivity contribution in [2.24, 2.45) is 23.7 Å². The first kappa shape index (κ1) is 26.5. The van der Waals surface area contributed by atoms with Crippen LogP contribution in [0.3, 0.4) is 0 Å². The summed E-state index contributed by atoms with van der Waals surface area (Å²) in [6.07, 6.45) is 0.764. The molecule has 0 spiro atoms. The Kier molecular flexibility index (Phi) is 6.19. The van der Waals surface area contributed by atoms with E-state index in [4.69, 9.17) is 0 Å². The smallest absolute Gasteiger partial charge is 0.238 e. The van der Waals surface area contributed by atoms with E-state index in [-0.39, 0.29) is 35.5 Å². The van der Waals surface area contributed by atoms with Crippen LogP contribution in [0.15, 0.2) is 132 Å². The third-order valence-corrected chi connectivity index (χ3v) is 10.1. The summed E-state index contributed by atoms with van der Waals surface area (Å²) in [5.74, 6) is -3.87. The van der Waals surface area contributed by atoms with E-state index < -0.39 is 23.7 Å². The number of hydrogen-bond acceptors (Lipinski definition) is 4. The van der Waals surface area contributed by atoms with Crippen molar-refractivity contribution in [3.8, 4) is 0 Å². The van der Waals surface area contributed by atoms with E-state index in [1.54, 1.807) is 24.3 Å². The van der Waals surface area contributed by atoms with Gasteiger partial charge in [-0.1, -0.05) is 108 Å². The average Bonchev–Trinajstić information content (AvgIpc) is 3.47. The van der Waals surface area contributed by atoms with Crippen LogP contribution in [0.2, 0.25) is 0 Å². The molecule has 2 aliphatic heterocycles. The molecular weight excluding hydrogens is 548 g/mol. The topological polar surface area (TPSA) is 74.8 Å². The van der Waals surface area contributed by atoms with Crippen LogP contribution < -0.4 is 9.80 Å². The van der Waals surface area contributed by atoms with Gasteiger partial charge in [-0.2, -0.15) is 0 Å². The summed E-state index contributed by atoms with van der Waals surface area (Å²) in [7, 11) is 0. The number of imide groups is 2. The molecule has 2 aliphatic carbocycles. The molecular formula is C38H30N2O4. The minimum Gasteiger partial charge on any atom is -0.274 e. The lowest BCUT2D eigenvalue weighted by molar-refractivity contribution is -0.124. The van der Waals surface area contributed by atoms with Crippen molar-refractivity contribution in [3.05, 3.63) is 144 Å². The molecule has 0 saturated carbocycles. The monoisotopic (exact) mass is 578 g/mol. The van der Waals surface area contributed by atoms with Gasteiger partial charge in [-0.15, -0.1) is 0 Å². The standard InChI is InChI=1S/C38H30N2O4/c41-35-29-21-27-28(22-30(29)36(42)39(35)25-17-9-3-10-18-25)32(24-15-7-2-8-16-24)34-33(31(27)23-13-5-1-6-14-23)37(43)40(38(34)44)26-19-11-4-12-20-26/h1-20,29-34H,21-22H2/t29-,30+,31-,32+,33-,34+. The van der Waals surface area contributed by atoms with Gasteiger partial charge in [-0.25, -0.2) is 4.90 Å². The number of para-hydroxylation sites is 2. The minimum absolute atomic E-state index is 0.192. The van der Waals surface area contributed by atoms with Gasteiger partial charge in [0.2, 0.25) is 23.6 Å². The fourth-order valence-electron chi connectivity index (χ4n) is 8.28. The molecule has 6 nitrogen and oxygen atoms in total.